The Balaban J connectivity index is 2.18. The summed E-state index contributed by atoms with van der Waals surface area (Å²) in [7, 11) is 5.98. The van der Waals surface area contributed by atoms with Gasteiger partial charge in [-0.15, -0.1) is 0 Å². The lowest BCUT2D eigenvalue weighted by molar-refractivity contribution is -0.922. The number of likely N-dealkylation sites (N-methyl/N-ethyl adjacent to an activating group) is 1. The van der Waals surface area contributed by atoms with Crippen LogP contribution in [0.5, 0.6) is 17.2 Å². The minimum Gasteiger partial charge on any atom is -0.492 e. The molecule has 0 saturated heterocycles. The minimum absolute atomic E-state index is 0.0932. The molecule has 0 radical (unpaired) electrons. The maximum atomic E-state index is 11.7. The Morgan fingerprint density at radius 2 is 2.19 bits per heavy atom. The summed E-state index contributed by atoms with van der Waals surface area (Å²) in [6.45, 7) is 2.87. The first-order valence-corrected chi connectivity index (χ1v) is 7.25. The summed E-state index contributed by atoms with van der Waals surface area (Å²) in [5.74, 6) is 2.35. The summed E-state index contributed by atoms with van der Waals surface area (Å²) in [5.41, 5.74) is 2.31. The molecular weight excluding hydrogens is 270 g/mol. The lowest BCUT2D eigenvalue weighted by atomic mass is 9.87. The fourth-order valence-corrected chi connectivity index (χ4v) is 3.39. The molecule has 0 aliphatic carbocycles. The second-order valence-corrected chi connectivity index (χ2v) is 6.39. The number of methoxy groups -OCH3 is 1. The van der Waals surface area contributed by atoms with Crippen molar-refractivity contribution in [2.45, 2.75) is 25.8 Å². The van der Waals surface area contributed by atoms with Crippen LogP contribution in [0.2, 0.25) is 0 Å². The van der Waals surface area contributed by atoms with Gasteiger partial charge in [0.05, 0.1) is 39.7 Å². The third-order valence-corrected chi connectivity index (χ3v) is 4.56. The van der Waals surface area contributed by atoms with E-state index in [2.05, 4.69) is 14.1 Å². The summed E-state index contributed by atoms with van der Waals surface area (Å²) in [6.07, 6.45) is 1.46. The molecule has 0 saturated carbocycles. The Hall–Kier alpha value is -1.75. The van der Waals surface area contributed by atoms with Crippen LogP contribution in [0, 0.1) is 0 Å². The van der Waals surface area contributed by atoms with Crippen molar-refractivity contribution in [1.82, 2.24) is 0 Å². The molecule has 0 fully saturated rings. The number of rotatable bonds is 3. The van der Waals surface area contributed by atoms with Gasteiger partial charge >= 0.3 is 0 Å². The van der Waals surface area contributed by atoms with Crippen molar-refractivity contribution in [3.05, 3.63) is 17.2 Å². The number of carbonyl (C=O) groups is 1. The highest BCUT2D eigenvalue weighted by Gasteiger charge is 2.41. The van der Waals surface area contributed by atoms with E-state index in [0.717, 1.165) is 34.5 Å². The molecule has 0 aromatic heterocycles. The summed E-state index contributed by atoms with van der Waals surface area (Å²) in [5, 5.41) is 0. The van der Waals surface area contributed by atoms with Gasteiger partial charge in [-0.25, -0.2) is 0 Å². The molecule has 1 aromatic rings. The standard InChI is InChI=1S/C16H22NO4/c1-10(18)7-12-14-11(5-6-17(12,2)3)8-13-15(16(14)19-4)21-9-20-13/h8,12H,5-7,9H2,1-4H3/q+1. The van der Waals surface area contributed by atoms with E-state index in [1.807, 2.05) is 6.07 Å². The molecule has 5 nitrogen and oxygen atoms in total. The van der Waals surface area contributed by atoms with E-state index in [0.29, 0.717) is 12.2 Å². The zero-order valence-electron chi connectivity index (χ0n) is 13.1. The fraction of sp³-hybridized carbons (Fsp3) is 0.562. The maximum absolute atomic E-state index is 11.7. The number of fused-ring (bicyclic) bond motifs is 2. The van der Waals surface area contributed by atoms with Crippen LogP contribution in [0.4, 0.5) is 0 Å². The number of hydrogen-bond acceptors (Lipinski definition) is 4. The van der Waals surface area contributed by atoms with E-state index < -0.39 is 0 Å². The van der Waals surface area contributed by atoms with Crippen LogP contribution in [0.25, 0.3) is 0 Å². The van der Waals surface area contributed by atoms with Crippen LogP contribution in [-0.2, 0) is 11.2 Å². The topological polar surface area (TPSA) is 44.8 Å². The van der Waals surface area contributed by atoms with Crippen molar-refractivity contribution < 1.29 is 23.5 Å². The van der Waals surface area contributed by atoms with Gasteiger partial charge in [-0.1, -0.05) is 0 Å². The molecule has 0 N–H and O–H groups in total. The number of nitrogens with zero attached hydrogens (tertiary/aromatic N) is 1. The van der Waals surface area contributed by atoms with Gasteiger partial charge in [-0.3, -0.25) is 4.79 Å². The van der Waals surface area contributed by atoms with Crippen molar-refractivity contribution in [1.29, 1.82) is 0 Å². The molecule has 0 spiro atoms. The fourth-order valence-electron chi connectivity index (χ4n) is 3.39. The zero-order valence-corrected chi connectivity index (χ0v) is 13.1. The van der Waals surface area contributed by atoms with Crippen molar-refractivity contribution in [2.75, 3.05) is 34.5 Å². The van der Waals surface area contributed by atoms with Crippen molar-refractivity contribution in [2.24, 2.45) is 0 Å². The molecular formula is C16H22NO4+. The van der Waals surface area contributed by atoms with Crippen LogP contribution in [0.1, 0.15) is 30.5 Å². The third kappa shape index (κ3) is 2.25. The SMILES string of the molecule is COc1c2c(cc3c1C(CC(C)=O)[N+](C)(C)CC3)OCO2. The predicted molar refractivity (Wildman–Crippen MR) is 77.8 cm³/mol. The first-order chi connectivity index (χ1) is 9.94. The predicted octanol–water partition coefficient (Wildman–Crippen LogP) is 2.08. The van der Waals surface area contributed by atoms with Gasteiger partial charge in [0.25, 0.3) is 0 Å². The van der Waals surface area contributed by atoms with E-state index in [-0.39, 0.29) is 18.6 Å². The molecule has 114 valence electrons. The third-order valence-electron chi connectivity index (χ3n) is 4.56. The summed E-state index contributed by atoms with van der Waals surface area (Å²) < 4.78 is 17.5. The number of benzene rings is 1. The van der Waals surface area contributed by atoms with Crippen molar-refractivity contribution >= 4 is 5.78 Å². The lowest BCUT2D eigenvalue weighted by Crippen LogP contribution is -2.48. The van der Waals surface area contributed by atoms with Gasteiger partial charge in [0.15, 0.2) is 11.5 Å². The molecule has 1 unspecified atom stereocenters. The summed E-state index contributed by atoms with van der Waals surface area (Å²) >= 11 is 0. The van der Waals surface area contributed by atoms with Crippen LogP contribution < -0.4 is 14.2 Å². The zero-order chi connectivity index (χ0) is 15.2. The average Bonchev–Trinajstić information content (AvgIpc) is 2.87. The second kappa shape index (κ2) is 4.91. The summed E-state index contributed by atoms with van der Waals surface area (Å²) in [4.78, 5) is 11.7. The highest BCUT2D eigenvalue weighted by molar-refractivity contribution is 5.77. The molecule has 2 aliphatic rings. The quantitative estimate of drug-likeness (QED) is 0.800. The van der Waals surface area contributed by atoms with Crippen LogP contribution >= 0.6 is 0 Å². The Bertz CT molecular complexity index is 594. The van der Waals surface area contributed by atoms with Gasteiger partial charge in [-0.05, 0) is 18.6 Å². The van der Waals surface area contributed by atoms with Crippen molar-refractivity contribution in [3.63, 3.8) is 0 Å². The van der Waals surface area contributed by atoms with Gasteiger partial charge in [-0.2, -0.15) is 0 Å². The van der Waals surface area contributed by atoms with Gasteiger partial charge in [0.1, 0.15) is 11.8 Å². The average molecular weight is 292 g/mol. The molecule has 0 bridgehead atoms. The normalized spacial score (nSPS) is 21.8. The van der Waals surface area contributed by atoms with Gasteiger partial charge < -0.3 is 18.7 Å². The van der Waals surface area contributed by atoms with E-state index in [1.54, 1.807) is 14.0 Å². The van der Waals surface area contributed by atoms with Crippen LogP contribution in [0.15, 0.2) is 6.07 Å². The number of ketones is 1. The van der Waals surface area contributed by atoms with E-state index in [1.165, 1.54) is 5.56 Å². The lowest BCUT2D eigenvalue weighted by Gasteiger charge is -2.43. The van der Waals surface area contributed by atoms with E-state index in [9.17, 15) is 4.79 Å². The smallest absolute Gasteiger partial charge is 0.231 e. The number of quaternary nitrogens is 1. The Kier molecular flexibility index (Phi) is 3.32. The van der Waals surface area contributed by atoms with Crippen LogP contribution in [0.3, 0.4) is 0 Å². The van der Waals surface area contributed by atoms with Crippen molar-refractivity contribution in [3.8, 4) is 17.2 Å². The maximum Gasteiger partial charge on any atom is 0.231 e. The molecule has 2 aliphatic heterocycles. The molecule has 2 heterocycles. The number of Topliss-reactive ketones (excluding diaryl/α,β-unsaturated/α-hetero) is 1. The highest BCUT2D eigenvalue weighted by Crippen LogP contribution is 2.51. The first-order valence-electron chi connectivity index (χ1n) is 7.25. The van der Waals surface area contributed by atoms with E-state index in [4.69, 9.17) is 14.2 Å². The van der Waals surface area contributed by atoms with E-state index >= 15 is 0 Å². The molecule has 21 heavy (non-hydrogen) atoms. The molecule has 5 heteroatoms. The highest BCUT2D eigenvalue weighted by atomic mass is 16.7. The molecule has 1 atom stereocenters. The summed E-state index contributed by atoms with van der Waals surface area (Å²) in [6, 6.07) is 2.14. The number of ether oxygens (including phenoxy) is 3. The van der Waals surface area contributed by atoms with Crippen LogP contribution in [-0.4, -0.2) is 44.8 Å². The molecule has 0 amide bonds. The van der Waals surface area contributed by atoms with Gasteiger partial charge in [0.2, 0.25) is 12.5 Å². The second-order valence-electron chi connectivity index (χ2n) is 6.39. The van der Waals surface area contributed by atoms with Gasteiger partial charge in [0, 0.05) is 6.42 Å². The Morgan fingerprint density at radius 3 is 2.86 bits per heavy atom. The monoisotopic (exact) mass is 292 g/mol. The first kappa shape index (κ1) is 14.2. The minimum atomic E-state index is 0.0932. The number of carbonyl (C=O) groups excluding carboxylic acids is 1. The number of hydrogen-bond donors (Lipinski definition) is 0. The Morgan fingerprint density at radius 1 is 1.43 bits per heavy atom. The Labute approximate surface area is 125 Å². The molecule has 3 rings (SSSR count). The largest absolute Gasteiger partial charge is 0.492 e. The molecule has 1 aromatic carbocycles.